The van der Waals surface area contributed by atoms with Crippen LogP contribution >= 0.6 is 0 Å². The first-order valence-corrected chi connectivity index (χ1v) is 11.9. The van der Waals surface area contributed by atoms with Crippen molar-refractivity contribution in [1.82, 2.24) is 14.0 Å². The Morgan fingerprint density at radius 2 is 2.11 bits per heavy atom. The number of aryl methyl sites for hydroxylation is 1. The Bertz CT molecular complexity index is 1660. The lowest BCUT2D eigenvalue weighted by atomic mass is 10.1. The van der Waals surface area contributed by atoms with E-state index in [2.05, 4.69) is 11.1 Å². The number of ether oxygens (including phenoxy) is 2. The van der Waals surface area contributed by atoms with Crippen LogP contribution in [-0.4, -0.2) is 39.2 Å². The average Bonchev–Trinajstić information content (AvgIpc) is 3.40. The molecule has 36 heavy (non-hydrogen) atoms. The lowest BCUT2D eigenvalue weighted by Gasteiger charge is -2.17. The van der Waals surface area contributed by atoms with Gasteiger partial charge >= 0.3 is 0 Å². The van der Waals surface area contributed by atoms with Gasteiger partial charge in [0.1, 0.15) is 23.1 Å². The molecule has 0 saturated carbocycles. The lowest BCUT2D eigenvalue weighted by molar-refractivity contribution is 0.0951. The fourth-order valence-electron chi connectivity index (χ4n) is 4.54. The van der Waals surface area contributed by atoms with Gasteiger partial charge in [-0.1, -0.05) is 18.2 Å². The van der Waals surface area contributed by atoms with Crippen molar-refractivity contribution in [1.29, 1.82) is 5.26 Å². The quantitative estimate of drug-likeness (QED) is 0.403. The molecule has 1 aliphatic heterocycles. The molecule has 0 unspecified atom stereocenters. The summed E-state index contributed by atoms with van der Waals surface area (Å²) in [6.45, 7) is 5.04. The van der Waals surface area contributed by atoms with Crippen LogP contribution in [0, 0.1) is 18.3 Å². The van der Waals surface area contributed by atoms with Crippen LogP contribution in [0.15, 0.2) is 58.4 Å². The van der Waals surface area contributed by atoms with Crippen LogP contribution in [0.3, 0.4) is 0 Å². The predicted molar refractivity (Wildman–Crippen MR) is 133 cm³/mol. The first-order valence-electron chi connectivity index (χ1n) is 11.9. The van der Waals surface area contributed by atoms with E-state index in [-0.39, 0.29) is 33.7 Å². The molecule has 1 saturated heterocycles. The number of carbonyl (C=O) groups excluding carboxylic acids is 1. The number of pyridine rings is 2. The largest absolute Gasteiger partial charge is 0.493 e. The van der Waals surface area contributed by atoms with E-state index in [4.69, 9.17) is 14.5 Å². The maximum absolute atomic E-state index is 13.4. The summed E-state index contributed by atoms with van der Waals surface area (Å²) in [5.74, 6) is -0.138. The number of aromatic nitrogens is 3. The number of fused-ring (bicyclic) bond motifs is 2. The summed E-state index contributed by atoms with van der Waals surface area (Å²) in [7, 11) is 0. The molecule has 5 rings (SSSR count). The van der Waals surface area contributed by atoms with E-state index in [1.54, 1.807) is 41.1 Å². The van der Waals surface area contributed by atoms with Gasteiger partial charge in [-0.15, -0.1) is 0 Å². The summed E-state index contributed by atoms with van der Waals surface area (Å²) in [5, 5.41) is 10.3. The Balaban J connectivity index is 1.83. The minimum absolute atomic E-state index is 0.106. The van der Waals surface area contributed by atoms with Crippen molar-refractivity contribution in [2.45, 2.75) is 39.3 Å². The van der Waals surface area contributed by atoms with Crippen molar-refractivity contribution in [3.8, 4) is 11.8 Å². The van der Waals surface area contributed by atoms with Crippen LogP contribution in [0.2, 0.25) is 0 Å². The molecule has 0 N–H and O–H groups in total. The number of nitriles is 1. The number of hydrogen-bond donors (Lipinski definition) is 0. The Labute approximate surface area is 206 Å². The van der Waals surface area contributed by atoms with Gasteiger partial charge in [0.05, 0.1) is 35.8 Å². The van der Waals surface area contributed by atoms with Gasteiger partial charge in [0.25, 0.3) is 11.5 Å². The molecular formula is C27H25N5O4. The van der Waals surface area contributed by atoms with Crippen LogP contribution in [0.1, 0.15) is 41.3 Å². The van der Waals surface area contributed by atoms with Gasteiger partial charge in [0, 0.05) is 12.8 Å². The minimum atomic E-state index is -0.551. The van der Waals surface area contributed by atoms with E-state index in [1.165, 1.54) is 10.5 Å². The van der Waals surface area contributed by atoms with Crippen molar-refractivity contribution in [2.75, 3.05) is 13.2 Å². The third kappa shape index (κ3) is 4.16. The molecule has 0 spiro atoms. The first kappa shape index (κ1) is 23.5. The zero-order valence-electron chi connectivity index (χ0n) is 20.1. The van der Waals surface area contributed by atoms with Crippen molar-refractivity contribution in [2.24, 2.45) is 4.99 Å². The van der Waals surface area contributed by atoms with Gasteiger partial charge in [-0.2, -0.15) is 10.3 Å². The fraction of sp³-hybridized carbons (Fsp3) is 0.296. The Kier molecular flexibility index (Phi) is 6.36. The van der Waals surface area contributed by atoms with Crippen LogP contribution in [0.4, 0.5) is 0 Å². The van der Waals surface area contributed by atoms with Crippen molar-refractivity contribution in [3.05, 3.63) is 81.2 Å². The first-order chi connectivity index (χ1) is 17.5. The average molecular weight is 484 g/mol. The second-order valence-corrected chi connectivity index (χ2v) is 8.62. The van der Waals surface area contributed by atoms with E-state index < -0.39 is 5.91 Å². The van der Waals surface area contributed by atoms with Gasteiger partial charge in [-0.25, -0.2) is 4.98 Å². The monoisotopic (exact) mass is 483 g/mol. The lowest BCUT2D eigenvalue weighted by Crippen LogP contribution is -2.33. The molecular weight excluding hydrogens is 458 g/mol. The van der Waals surface area contributed by atoms with Crippen LogP contribution in [0.25, 0.3) is 16.7 Å². The minimum Gasteiger partial charge on any atom is -0.493 e. The highest BCUT2D eigenvalue weighted by Gasteiger charge is 2.22. The number of benzene rings is 1. The van der Waals surface area contributed by atoms with E-state index in [1.807, 2.05) is 19.9 Å². The molecule has 182 valence electrons. The Morgan fingerprint density at radius 1 is 1.28 bits per heavy atom. The third-order valence-electron chi connectivity index (χ3n) is 6.26. The Morgan fingerprint density at radius 3 is 2.86 bits per heavy atom. The molecule has 9 heteroatoms. The molecule has 3 aromatic heterocycles. The van der Waals surface area contributed by atoms with E-state index >= 15 is 0 Å². The second-order valence-electron chi connectivity index (χ2n) is 8.62. The van der Waals surface area contributed by atoms with Crippen molar-refractivity contribution >= 4 is 22.6 Å². The van der Waals surface area contributed by atoms with E-state index in [9.17, 15) is 14.9 Å². The molecule has 1 atom stereocenters. The standard InChI is InChI=1S/C27H25N5O4/c1-3-35-22-11-5-4-10-20(22)26(33)30-24-18(15-28)14-21-25(32(24)16-19-9-7-13-36-19)29-23-17(2)8-6-12-31(23)27(21)34/h4-6,8,10-12,14,19H,3,7,9,13,16H2,1-2H3/t19-/m0/s1. The summed E-state index contributed by atoms with van der Waals surface area (Å²) in [5.41, 5.74) is 1.92. The maximum Gasteiger partial charge on any atom is 0.282 e. The van der Waals surface area contributed by atoms with E-state index in [0.717, 1.165) is 18.4 Å². The van der Waals surface area contributed by atoms with Gasteiger partial charge in [-0.05, 0) is 56.5 Å². The highest BCUT2D eigenvalue weighted by atomic mass is 16.5. The summed E-state index contributed by atoms with van der Waals surface area (Å²) in [4.78, 5) is 36.0. The van der Waals surface area contributed by atoms with Crippen molar-refractivity contribution in [3.63, 3.8) is 0 Å². The number of rotatable bonds is 5. The molecule has 0 radical (unpaired) electrons. The van der Waals surface area contributed by atoms with Gasteiger partial charge in [0.2, 0.25) is 0 Å². The molecule has 1 amide bonds. The zero-order valence-corrected chi connectivity index (χ0v) is 20.1. The van der Waals surface area contributed by atoms with Gasteiger partial charge in [0.15, 0.2) is 5.49 Å². The van der Waals surface area contributed by atoms with Gasteiger partial charge < -0.3 is 14.0 Å². The number of carbonyl (C=O) groups is 1. The summed E-state index contributed by atoms with van der Waals surface area (Å²) >= 11 is 0. The number of para-hydroxylation sites is 1. The van der Waals surface area contributed by atoms with E-state index in [0.29, 0.717) is 36.8 Å². The smallest absolute Gasteiger partial charge is 0.282 e. The molecule has 1 fully saturated rings. The molecule has 4 aromatic rings. The summed E-state index contributed by atoms with van der Waals surface area (Å²) in [6, 6.07) is 14.1. The topological polar surface area (TPSA) is 111 Å². The molecule has 0 bridgehead atoms. The predicted octanol–water partition coefficient (Wildman–Crippen LogP) is 3.15. The summed E-state index contributed by atoms with van der Waals surface area (Å²) in [6.07, 6.45) is 3.23. The Hall–Kier alpha value is -4.29. The van der Waals surface area contributed by atoms with Crippen LogP contribution in [0.5, 0.6) is 5.75 Å². The van der Waals surface area contributed by atoms with Crippen LogP contribution in [-0.2, 0) is 11.3 Å². The fourth-order valence-corrected chi connectivity index (χ4v) is 4.54. The highest BCUT2D eigenvalue weighted by Crippen LogP contribution is 2.20. The summed E-state index contributed by atoms with van der Waals surface area (Å²) < 4.78 is 14.6. The van der Waals surface area contributed by atoms with Gasteiger partial charge in [-0.3, -0.25) is 14.0 Å². The molecule has 0 aliphatic carbocycles. The highest BCUT2D eigenvalue weighted by molar-refractivity contribution is 5.97. The molecule has 9 nitrogen and oxygen atoms in total. The number of hydrogen-bond acceptors (Lipinski definition) is 6. The maximum atomic E-state index is 13.4. The third-order valence-corrected chi connectivity index (χ3v) is 6.26. The van der Waals surface area contributed by atoms with Crippen LogP contribution < -0.4 is 15.8 Å². The number of nitrogens with zero attached hydrogens (tertiary/aromatic N) is 5. The second kappa shape index (κ2) is 9.76. The number of amides is 1. The zero-order chi connectivity index (χ0) is 25.2. The normalized spacial score (nSPS) is 15.9. The molecule has 1 aromatic carbocycles. The van der Waals surface area contributed by atoms with Crippen molar-refractivity contribution < 1.29 is 14.3 Å². The molecule has 4 heterocycles. The SMILES string of the molecule is CCOc1ccccc1C(=O)N=c1c(C#N)cc2c(=O)n3cccc(C)c3nc2n1C[C@@H]1CCCO1. The molecule has 1 aliphatic rings.